The SMILES string of the molecule is COC(=O)CC1CC(NC(=O)OC(C)(C)C)CN(CCN)C1. The van der Waals surface area contributed by atoms with E-state index < -0.39 is 11.7 Å². The van der Waals surface area contributed by atoms with E-state index in [1.807, 2.05) is 20.8 Å². The molecule has 2 atom stereocenters. The molecule has 0 aliphatic carbocycles. The first-order valence-corrected chi connectivity index (χ1v) is 7.72. The van der Waals surface area contributed by atoms with Gasteiger partial charge in [0.05, 0.1) is 7.11 Å². The average molecular weight is 315 g/mol. The van der Waals surface area contributed by atoms with Crippen LogP contribution in [0.15, 0.2) is 0 Å². The van der Waals surface area contributed by atoms with E-state index in [0.29, 0.717) is 19.5 Å². The minimum Gasteiger partial charge on any atom is -0.469 e. The van der Waals surface area contributed by atoms with Gasteiger partial charge in [0.1, 0.15) is 5.60 Å². The number of methoxy groups -OCH3 is 1. The number of nitrogens with zero attached hydrogens (tertiary/aromatic N) is 1. The summed E-state index contributed by atoms with van der Waals surface area (Å²) in [4.78, 5) is 25.6. The van der Waals surface area contributed by atoms with Gasteiger partial charge < -0.3 is 20.5 Å². The number of hydrogen-bond donors (Lipinski definition) is 2. The largest absolute Gasteiger partial charge is 0.469 e. The van der Waals surface area contributed by atoms with Crippen LogP contribution in [0.5, 0.6) is 0 Å². The summed E-state index contributed by atoms with van der Waals surface area (Å²) in [7, 11) is 1.39. The molecule has 3 N–H and O–H groups in total. The average Bonchev–Trinajstić information content (AvgIpc) is 2.36. The maximum absolute atomic E-state index is 11.9. The zero-order valence-corrected chi connectivity index (χ0v) is 14.1. The molecule has 0 aromatic rings. The number of amides is 1. The molecule has 0 aromatic carbocycles. The first kappa shape index (κ1) is 18.7. The van der Waals surface area contributed by atoms with Gasteiger partial charge in [-0.2, -0.15) is 0 Å². The lowest BCUT2D eigenvalue weighted by Crippen LogP contribution is -2.52. The van der Waals surface area contributed by atoms with Gasteiger partial charge in [0, 0.05) is 38.6 Å². The number of piperidine rings is 1. The Balaban J connectivity index is 2.59. The maximum Gasteiger partial charge on any atom is 0.407 e. The monoisotopic (exact) mass is 315 g/mol. The van der Waals surface area contributed by atoms with Crippen molar-refractivity contribution in [3.05, 3.63) is 0 Å². The number of esters is 1. The van der Waals surface area contributed by atoms with Crippen LogP contribution in [0.3, 0.4) is 0 Å². The summed E-state index contributed by atoms with van der Waals surface area (Å²) in [6.07, 6.45) is 0.656. The Hall–Kier alpha value is -1.34. The number of ether oxygens (including phenoxy) is 2. The first-order chi connectivity index (χ1) is 10.2. The molecule has 0 bridgehead atoms. The van der Waals surface area contributed by atoms with Crippen molar-refractivity contribution >= 4 is 12.1 Å². The van der Waals surface area contributed by atoms with Gasteiger partial charge in [-0.3, -0.25) is 9.69 Å². The molecule has 0 saturated carbocycles. The number of nitrogens with one attached hydrogen (secondary N) is 1. The molecule has 1 amide bonds. The van der Waals surface area contributed by atoms with E-state index in [1.165, 1.54) is 7.11 Å². The molecule has 1 saturated heterocycles. The Morgan fingerprint density at radius 1 is 1.32 bits per heavy atom. The molecular weight excluding hydrogens is 286 g/mol. The second kappa shape index (κ2) is 8.33. The number of hydrogen-bond acceptors (Lipinski definition) is 6. The zero-order valence-electron chi connectivity index (χ0n) is 14.1. The number of carbonyl (C=O) groups is 2. The summed E-state index contributed by atoms with van der Waals surface area (Å²) in [6, 6.07) is -0.0511. The third-order valence-corrected chi connectivity index (χ3v) is 3.46. The lowest BCUT2D eigenvalue weighted by atomic mass is 9.91. The van der Waals surface area contributed by atoms with Crippen LogP contribution in [0.2, 0.25) is 0 Å². The van der Waals surface area contributed by atoms with Crippen LogP contribution in [0.1, 0.15) is 33.6 Å². The van der Waals surface area contributed by atoms with Crippen molar-refractivity contribution in [3.8, 4) is 0 Å². The number of nitrogens with two attached hydrogens (primary N) is 1. The highest BCUT2D eigenvalue weighted by Gasteiger charge is 2.30. The van der Waals surface area contributed by atoms with Gasteiger partial charge in [-0.15, -0.1) is 0 Å². The standard InChI is InChI=1S/C15H29N3O4/c1-15(2,3)22-14(20)17-12-7-11(8-13(19)21-4)9-18(10-12)6-5-16/h11-12H,5-10,16H2,1-4H3,(H,17,20). The molecule has 1 aliphatic heterocycles. The third-order valence-electron chi connectivity index (χ3n) is 3.46. The Morgan fingerprint density at radius 3 is 2.55 bits per heavy atom. The highest BCUT2D eigenvalue weighted by atomic mass is 16.6. The molecule has 7 heteroatoms. The number of alkyl carbamates (subject to hydrolysis) is 1. The molecular formula is C15H29N3O4. The van der Waals surface area contributed by atoms with E-state index in [1.54, 1.807) is 0 Å². The molecule has 1 aliphatic rings. The lowest BCUT2D eigenvalue weighted by molar-refractivity contribution is -0.142. The molecule has 22 heavy (non-hydrogen) atoms. The van der Waals surface area contributed by atoms with Gasteiger partial charge in [0.25, 0.3) is 0 Å². The van der Waals surface area contributed by atoms with E-state index in [9.17, 15) is 9.59 Å². The Kier molecular flexibility index (Phi) is 7.09. The van der Waals surface area contributed by atoms with Gasteiger partial charge in [-0.25, -0.2) is 4.79 Å². The van der Waals surface area contributed by atoms with Crippen molar-refractivity contribution in [2.24, 2.45) is 11.7 Å². The van der Waals surface area contributed by atoms with Gasteiger partial charge >= 0.3 is 12.1 Å². The van der Waals surface area contributed by atoms with Gasteiger partial charge in [0.2, 0.25) is 0 Å². The van der Waals surface area contributed by atoms with Crippen molar-refractivity contribution in [2.45, 2.75) is 45.3 Å². The molecule has 2 unspecified atom stereocenters. The molecule has 128 valence electrons. The summed E-state index contributed by atoms with van der Waals surface area (Å²) in [5.74, 6) is -0.0803. The van der Waals surface area contributed by atoms with Crippen LogP contribution >= 0.6 is 0 Å². The molecule has 1 rings (SSSR count). The van der Waals surface area contributed by atoms with Crippen molar-refractivity contribution in [3.63, 3.8) is 0 Å². The molecule has 7 nitrogen and oxygen atoms in total. The topological polar surface area (TPSA) is 93.9 Å². The van der Waals surface area contributed by atoms with Crippen LogP contribution in [0, 0.1) is 5.92 Å². The molecule has 0 spiro atoms. The minimum atomic E-state index is -0.527. The first-order valence-electron chi connectivity index (χ1n) is 7.72. The third kappa shape index (κ3) is 7.09. The van der Waals surface area contributed by atoms with Crippen LogP contribution < -0.4 is 11.1 Å². The van der Waals surface area contributed by atoms with Gasteiger partial charge in [-0.05, 0) is 33.1 Å². The van der Waals surface area contributed by atoms with E-state index >= 15 is 0 Å². The smallest absolute Gasteiger partial charge is 0.407 e. The highest BCUT2D eigenvalue weighted by molar-refractivity contribution is 5.70. The molecule has 1 fully saturated rings. The van der Waals surface area contributed by atoms with Gasteiger partial charge in [0.15, 0.2) is 0 Å². The van der Waals surface area contributed by atoms with Crippen molar-refractivity contribution < 1.29 is 19.1 Å². The quantitative estimate of drug-likeness (QED) is 0.726. The second-order valence-corrected chi connectivity index (χ2v) is 6.77. The van der Waals surface area contributed by atoms with Crippen LogP contribution in [-0.4, -0.2) is 61.9 Å². The Bertz CT molecular complexity index is 381. The zero-order chi connectivity index (χ0) is 16.8. The van der Waals surface area contributed by atoms with Crippen LogP contribution in [0.25, 0.3) is 0 Å². The van der Waals surface area contributed by atoms with Gasteiger partial charge in [-0.1, -0.05) is 0 Å². The van der Waals surface area contributed by atoms with E-state index in [0.717, 1.165) is 19.5 Å². The molecule has 1 heterocycles. The van der Waals surface area contributed by atoms with Crippen molar-refractivity contribution in [2.75, 3.05) is 33.3 Å². The van der Waals surface area contributed by atoms with E-state index in [-0.39, 0.29) is 17.9 Å². The summed E-state index contributed by atoms with van der Waals surface area (Å²) >= 11 is 0. The lowest BCUT2D eigenvalue weighted by Gasteiger charge is -2.37. The number of rotatable bonds is 5. The van der Waals surface area contributed by atoms with Crippen molar-refractivity contribution in [1.29, 1.82) is 0 Å². The number of likely N-dealkylation sites (tertiary alicyclic amines) is 1. The molecule has 0 radical (unpaired) electrons. The predicted octanol–water partition coefficient (Wildman–Crippen LogP) is 0.723. The van der Waals surface area contributed by atoms with Crippen molar-refractivity contribution in [1.82, 2.24) is 10.2 Å². The fourth-order valence-corrected chi connectivity index (χ4v) is 2.71. The number of carbonyl (C=O) groups excluding carboxylic acids is 2. The summed E-state index contributed by atoms with van der Waals surface area (Å²) < 4.78 is 10.0. The second-order valence-electron chi connectivity index (χ2n) is 6.77. The fraction of sp³-hybridized carbons (Fsp3) is 0.867. The fourth-order valence-electron chi connectivity index (χ4n) is 2.71. The maximum atomic E-state index is 11.9. The normalized spacial score (nSPS) is 23.0. The Labute approximate surface area is 132 Å². The van der Waals surface area contributed by atoms with Crippen LogP contribution in [-0.2, 0) is 14.3 Å². The predicted molar refractivity (Wildman–Crippen MR) is 83.4 cm³/mol. The molecule has 0 aromatic heterocycles. The highest BCUT2D eigenvalue weighted by Crippen LogP contribution is 2.21. The summed E-state index contributed by atoms with van der Waals surface area (Å²) in [5, 5.41) is 2.89. The Morgan fingerprint density at radius 2 is 2.00 bits per heavy atom. The van der Waals surface area contributed by atoms with E-state index in [2.05, 4.69) is 10.2 Å². The van der Waals surface area contributed by atoms with E-state index in [4.69, 9.17) is 15.2 Å². The van der Waals surface area contributed by atoms with Crippen LogP contribution in [0.4, 0.5) is 4.79 Å². The summed E-state index contributed by atoms with van der Waals surface area (Å²) in [6.45, 7) is 8.28. The minimum absolute atomic E-state index is 0.0511. The summed E-state index contributed by atoms with van der Waals surface area (Å²) in [5.41, 5.74) is 5.09.